The second-order valence-electron chi connectivity index (χ2n) is 4.56. The predicted molar refractivity (Wildman–Crippen MR) is 63.9 cm³/mol. The van der Waals surface area contributed by atoms with E-state index in [9.17, 15) is 0 Å². The highest BCUT2D eigenvalue weighted by Crippen LogP contribution is 2.20. The zero-order valence-corrected chi connectivity index (χ0v) is 10.4. The molecule has 90 valence electrons. The van der Waals surface area contributed by atoms with Gasteiger partial charge >= 0.3 is 0 Å². The molecule has 0 radical (unpaired) electrons. The summed E-state index contributed by atoms with van der Waals surface area (Å²) in [6, 6.07) is 1.10. The van der Waals surface area contributed by atoms with Gasteiger partial charge in [-0.05, 0) is 12.3 Å². The van der Waals surface area contributed by atoms with Crippen LogP contribution in [0.4, 0.5) is 0 Å². The molecule has 15 heavy (non-hydrogen) atoms. The predicted octanol–water partition coefficient (Wildman–Crippen LogP) is 1.47. The number of nitrogens with two attached hydrogens (primary N) is 1. The molecule has 0 bridgehead atoms. The first-order chi connectivity index (χ1) is 7.24. The molecule has 0 saturated carbocycles. The summed E-state index contributed by atoms with van der Waals surface area (Å²) in [5, 5.41) is 0. The minimum absolute atomic E-state index is 0.531. The highest BCUT2D eigenvalue weighted by atomic mass is 16.5. The molecule has 0 aromatic carbocycles. The molecule has 0 amide bonds. The third-order valence-corrected chi connectivity index (χ3v) is 3.71. The van der Waals surface area contributed by atoms with Crippen molar-refractivity contribution in [2.45, 2.75) is 45.7 Å². The lowest BCUT2D eigenvalue weighted by atomic mass is 9.95. The average Bonchev–Trinajstić information content (AvgIpc) is 2.30. The van der Waals surface area contributed by atoms with Crippen LogP contribution < -0.4 is 5.73 Å². The van der Waals surface area contributed by atoms with E-state index in [1.165, 1.54) is 6.42 Å². The minimum Gasteiger partial charge on any atom is -0.378 e. The first-order valence-corrected chi connectivity index (χ1v) is 6.28. The molecular weight excluding hydrogens is 188 g/mol. The lowest BCUT2D eigenvalue weighted by Gasteiger charge is -2.42. The molecule has 1 rings (SSSR count). The fourth-order valence-electron chi connectivity index (χ4n) is 2.42. The summed E-state index contributed by atoms with van der Waals surface area (Å²) >= 11 is 0. The van der Waals surface area contributed by atoms with E-state index in [-0.39, 0.29) is 0 Å². The van der Waals surface area contributed by atoms with Crippen LogP contribution in [-0.2, 0) is 4.74 Å². The van der Waals surface area contributed by atoms with Gasteiger partial charge in [0.25, 0.3) is 0 Å². The molecule has 0 aromatic rings. The Morgan fingerprint density at radius 1 is 1.47 bits per heavy atom. The van der Waals surface area contributed by atoms with Gasteiger partial charge in [0.05, 0.1) is 13.2 Å². The van der Waals surface area contributed by atoms with Crippen molar-refractivity contribution in [1.82, 2.24) is 4.90 Å². The number of rotatable bonds is 5. The molecule has 3 nitrogen and oxygen atoms in total. The minimum atomic E-state index is 0.531. The third kappa shape index (κ3) is 3.16. The van der Waals surface area contributed by atoms with Gasteiger partial charge in [-0.25, -0.2) is 0 Å². The van der Waals surface area contributed by atoms with Gasteiger partial charge in [-0.2, -0.15) is 0 Å². The normalized spacial score (nSPS) is 27.6. The van der Waals surface area contributed by atoms with Crippen molar-refractivity contribution >= 4 is 0 Å². The molecule has 0 aliphatic carbocycles. The summed E-state index contributed by atoms with van der Waals surface area (Å²) in [7, 11) is 0. The zero-order valence-electron chi connectivity index (χ0n) is 10.4. The van der Waals surface area contributed by atoms with Crippen molar-refractivity contribution in [2.24, 2.45) is 11.7 Å². The SMILES string of the molecule is CCC(C)C(CN)N1CCOCC1CC. The van der Waals surface area contributed by atoms with Gasteiger partial charge in [0.1, 0.15) is 0 Å². The van der Waals surface area contributed by atoms with Gasteiger partial charge in [0.2, 0.25) is 0 Å². The van der Waals surface area contributed by atoms with E-state index in [2.05, 4.69) is 25.7 Å². The molecule has 0 spiro atoms. The van der Waals surface area contributed by atoms with Gasteiger partial charge in [0.15, 0.2) is 0 Å². The van der Waals surface area contributed by atoms with Crippen LogP contribution in [0.25, 0.3) is 0 Å². The first kappa shape index (κ1) is 12.9. The van der Waals surface area contributed by atoms with Gasteiger partial charge in [-0.3, -0.25) is 4.90 Å². The Bertz CT molecular complexity index is 175. The fraction of sp³-hybridized carbons (Fsp3) is 1.00. The molecular formula is C12H26N2O. The molecule has 3 unspecified atom stereocenters. The van der Waals surface area contributed by atoms with Gasteiger partial charge < -0.3 is 10.5 Å². The highest BCUT2D eigenvalue weighted by molar-refractivity contribution is 4.84. The smallest absolute Gasteiger partial charge is 0.0622 e. The third-order valence-electron chi connectivity index (χ3n) is 3.71. The summed E-state index contributed by atoms with van der Waals surface area (Å²) in [5.41, 5.74) is 5.91. The molecule has 1 fully saturated rings. The zero-order chi connectivity index (χ0) is 11.3. The lowest BCUT2D eigenvalue weighted by molar-refractivity contribution is -0.0390. The van der Waals surface area contributed by atoms with E-state index in [4.69, 9.17) is 10.5 Å². The maximum Gasteiger partial charge on any atom is 0.0622 e. The fourth-order valence-corrected chi connectivity index (χ4v) is 2.42. The van der Waals surface area contributed by atoms with Crippen molar-refractivity contribution in [1.29, 1.82) is 0 Å². The Balaban J connectivity index is 2.63. The summed E-state index contributed by atoms with van der Waals surface area (Å²) < 4.78 is 5.53. The number of hydrogen-bond acceptors (Lipinski definition) is 3. The van der Waals surface area contributed by atoms with E-state index in [1.54, 1.807) is 0 Å². The maximum atomic E-state index is 5.91. The van der Waals surface area contributed by atoms with Crippen LogP contribution in [0.3, 0.4) is 0 Å². The Hall–Kier alpha value is -0.120. The average molecular weight is 214 g/mol. The molecule has 0 aromatic heterocycles. The number of hydrogen-bond donors (Lipinski definition) is 1. The van der Waals surface area contributed by atoms with Crippen LogP contribution in [0.5, 0.6) is 0 Å². The van der Waals surface area contributed by atoms with Crippen LogP contribution >= 0.6 is 0 Å². The summed E-state index contributed by atoms with van der Waals surface area (Å²) in [6.07, 6.45) is 2.36. The first-order valence-electron chi connectivity index (χ1n) is 6.28. The largest absolute Gasteiger partial charge is 0.378 e. The quantitative estimate of drug-likeness (QED) is 0.753. The maximum absolute atomic E-state index is 5.91. The lowest BCUT2D eigenvalue weighted by Crippen LogP contribution is -2.55. The van der Waals surface area contributed by atoms with E-state index < -0.39 is 0 Å². The summed E-state index contributed by atoms with van der Waals surface area (Å²) in [4.78, 5) is 2.57. The Labute approximate surface area is 94.0 Å². The van der Waals surface area contributed by atoms with Crippen LogP contribution in [0.15, 0.2) is 0 Å². The Morgan fingerprint density at radius 3 is 2.73 bits per heavy atom. The van der Waals surface area contributed by atoms with E-state index in [0.29, 0.717) is 18.0 Å². The van der Waals surface area contributed by atoms with Crippen molar-refractivity contribution < 1.29 is 4.74 Å². The molecule has 1 saturated heterocycles. The molecule has 1 aliphatic heterocycles. The van der Waals surface area contributed by atoms with Crippen molar-refractivity contribution in [2.75, 3.05) is 26.3 Å². The van der Waals surface area contributed by atoms with Gasteiger partial charge in [-0.1, -0.05) is 27.2 Å². The van der Waals surface area contributed by atoms with Crippen molar-refractivity contribution in [3.05, 3.63) is 0 Å². The van der Waals surface area contributed by atoms with Gasteiger partial charge in [-0.15, -0.1) is 0 Å². The van der Waals surface area contributed by atoms with E-state index >= 15 is 0 Å². The summed E-state index contributed by atoms with van der Waals surface area (Å²) in [5.74, 6) is 0.683. The van der Waals surface area contributed by atoms with Crippen LogP contribution in [0.1, 0.15) is 33.6 Å². The Kier molecular flexibility index (Phi) is 5.58. The van der Waals surface area contributed by atoms with E-state index in [1.807, 2.05) is 0 Å². The number of ether oxygens (including phenoxy) is 1. The topological polar surface area (TPSA) is 38.5 Å². The second-order valence-corrected chi connectivity index (χ2v) is 4.56. The van der Waals surface area contributed by atoms with Crippen LogP contribution in [-0.4, -0.2) is 43.3 Å². The molecule has 1 heterocycles. The van der Waals surface area contributed by atoms with Crippen LogP contribution in [0, 0.1) is 5.92 Å². The number of morpholine rings is 1. The molecule has 3 heteroatoms. The standard InChI is InChI=1S/C12H26N2O/c1-4-10(3)12(8-13)14-6-7-15-9-11(14)5-2/h10-12H,4-9,13H2,1-3H3. The van der Waals surface area contributed by atoms with Crippen molar-refractivity contribution in [3.8, 4) is 0 Å². The Morgan fingerprint density at radius 2 is 2.20 bits per heavy atom. The molecule has 3 atom stereocenters. The monoisotopic (exact) mass is 214 g/mol. The summed E-state index contributed by atoms with van der Waals surface area (Å²) in [6.45, 7) is 10.3. The molecule has 1 aliphatic rings. The molecule has 2 N–H and O–H groups in total. The van der Waals surface area contributed by atoms with E-state index in [0.717, 1.165) is 32.7 Å². The highest BCUT2D eigenvalue weighted by Gasteiger charge is 2.29. The van der Waals surface area contributed by atoms with Gasteiger partial charge in [0, 0.05) is 25.2 Å². The number of nitrogens with zero attached hydrogens (tertiary/aromatic N) is 1. The van der Waals surface area contributed by atoms with Crippen molar-refractivity contribution in [3.63, 3.8) is 0 Å². The second kappa shape index (κ2) is 6.46. The van der Waals surface area contributed by atoms with Crippen LogP contribution in [0.2, 0.25) is 0 Å².